The lowest BCUT2D eigenvalue weighted by Gasteiger charge is -2.27. The van der Waals surface area contributed by atoms with E-state index in [4.69, 9.17) is 0 Å². The van der Waals surface area contributed by atoms with E-state index in [-0.39, 0.29) is 0 Å². The molecule has 1 fully saturated rings. The zero-order valence-corrected chi connectivity index (χ0v) is 11.8. The summed E-state index contributed by atoms with van der Waals surface area (Å²) in [5, 5.41) is 3.52. The van der Waals surface area contributed by atoms with Crippen molar-refractivity contribution in [3.8, 4) is 0 Å². The van der Waals surface area contributed by atoms with Gasteiger partial charge in [-0.1, -0.05) is 13.5 Å². The van der Waals surface area contributed by atoms with Crippen LogP contribution in [-0.2, 0) is 0 Å². The van der Waals surface area contributed by atoms with Gasteiger partial charge in [-0.25, -0.2) is 0 Å². The fraction of sp³-hybridized carbons (Fsp3) is 0.846. The van der Waals surface area contributed by atoms with Crippen LogP contribution in [0, 0.1) is 0 Å². The van der Waals surface area contributed by atoms with Crippen molar-refractivity contribution in [1.82, 2.24) is 10.2 Å². The second-order valence-corrected chi connectivity index (χ2v) is 5.75. The second kappa shape index (κ2) is 7.36. The number of hydrogen-bond donors (Lipinski definition) is 1. The smallest absolute Gasteiger partial charge is 0.0203 e. The molecule has 1 saturated carbocycles. The fourth-order valence-electron chi connectivity index (χ4n) is 1.86. The van der Waals surface area contributed by atoms with Crippen molar-refractivity contribution in [2.75, 3.05) is 32.1 Å². The summed E-state index contributed by atoms with van der Waals surface area (Å²) in [6, 6.07) is 1.47. The molecular formula is C13H26N2S. The van der Waals surface area contributed by atoms with E-state index in [1.165, 1.54) is 30.6 Å². The maximum absolute atomic E-state index is 4.16. The molecule has 0 bridgehead atoms. The van der Waals surface area contributed by atoms with Gasteiger partial charge in [-0.15, -0.1) is 0 Å². The highest BCUT2D eigenvalue weighted by atomic mass is 32.2. The maximum atomic E-state index is 4.16. The van der Waals surface area contributed by atoms with Crippen LogP contribution in [-0.4, -0.2) is 49.1 Å². The van der Waals surface area contributed by atoms with Crippen LogP contribution in [0.15, 0.2) is 12.2 Å². The summed E-state index contributed by atoms with van der Waals surface area (Å²) in [4.78, 5) is 2.44. The number of hydrogen-bond acceptors (Lipinski definition) is 3. The zero-order chi connectivity index (χ0) is 12.0. The molecule has 2 nitrogen and oxygen atoms in total. The Morgan fingerprint density at radius 3 is 2.75 bits per heavy atom. The van der Waals surface area contributed by atoms with Gasteiger partial charge >= 0.3 is 0 Å². The Labute approximate surface area is 105 Å². The van der Waals surface area contributed by atoms with Gasteiger partial charge in [0.05, 0.1) is 0 Å². The number of thioether (sulfide) groups is 1. The van der Waals surface area contributed by atoms with Crippen molar-refractivity contribution in [3.05, 3.63) is 12.2 Å². The highest BCUT2D eigenvalue weighted by Crippen LogP contribution is 2.18. The van der Waals surface area contributed by atoms with E-state index in [1.807, 2.05) is 11.8 Å². The van der Waals surface area contributed by atoms with Crippen molar-refractivity contribution < 1.29 is 0 Å². The summed E-state index contributed by atoms with van der Waals surface area (Å²) in [6.07, 6.45) is 6.11. The van der Waals surface area contributed by atoms with E-state index < -0.39 is 0 Å². The van der Waals surface area contributed by atoms with Crippen molar-refractivity contribution in [2.24, 2.45) is 0 Å². The number of nitrogens with one attached hydrogen (secondary N) is 1. The van der Waals surface area contributed by atoms with Crippen LogP contribution in [0.25, 0.3) is 0 Å². The summed E-state index contributed by atoms with van der Waals surface area (Å²) < 4.78 is 0. The largest absolute Gasteiger partial charge is 0.310 e. The van der Waals surface area contributed by atoms with E-state index >= 15 is 0 Å². The SMILES string of the molecule is C=C(CNC1CC1)CN(C)C(CC)CSC. The van der Waals surface area contributed by atoms with Gasteiger partial charge < -0.3 is 5.32 Å². The Bertz CT molecular complexity index is 214. The molecule has 1 aliphatic carbocycles. The first kappa shape index (κ1) is 14.1. The molecule has 0 amide bonds. The van der Waals surface area contributed by atoms with Crippen molar-refractivity contribution in [1.29, 1.82) is 0 Å². The van der Waals surface area contributed by atoms with Crippen LogP contribution in [0.5, 0.6) is 0 Å². The first-order valence-corrected chi connectivity index (χ1v) is 7.66. The minimum absolute atomic E-state index is 0.688. The van der Waals surface area contributed by atoms with Crippen LogP contribution < -0.4 is 5.32 Å². The summed E-state index contributed by atoms with van der Waals surface area (Å²) in [5.41, 5.74) is 1.31. The van der Waals surface area contributed by atoms with Crippen LogP contribution in [0.2, 0.25) is 0 Å². The Hall–Kier alpha value is 0.0100. The molecule has 0 saturated heterocycles. The third kappa shape index (κ3) is 5.37. The van der Waals surface area contributed by atoms with E-state index in [0.717, 1.165) is 19.1 Å². The van der Waals surface area contributed by atoms with Crippen LogP contribution in [0.1, 0.15) is 26.2 Å². The summed E-state index contributed by atoms with van der Waals surface area (Å²) in [6.45, 7) is 8.44. The Balaban J connectivity index is 2.18. The zero-order valence-electron chi connectivity index (χ0n) is 11.0. The van der Waals surface area contributed by atoms with Gasteiger partial charge in [0.25, 0.3) is 0 Å². The summed E-state index contributed by atoms with van der Waals surface area (Å²) >= 11 is 1.93. The monoisotopic (exact) mass is 242 g/mol. The number of nitrogens with zero attached hydrogens (tertiary/aromatic N) is 1. The Morgan fingerprint density at radius 2 is 2.25 bits per heavy atom. The molecule has 16 heavy (non-hydrogen) atoms. The van der Waals surface area contributed by atoms with Crippen molar-refractivity contribution >= 4 is 11.8 Å². The predicted molar refractivity (Wildman–Crippen MR) is 75.3 cm³/mol. The summed E-state index contributed by atoms with van der Waals surface area (Å²) in [5.74, 6) is 1.22. The normalized spacial score (nSPS) is 17.8. The molecular weight excluding hydrogens is 216 g/mol. The average Bonchev–Trinajstić information content (AvgIpc) is 3.06. The standard InChI is InChI=1S/C13H26N2S/c1-5-13(10-16-4)15(3)9-11(2)8-14-12-6-7-12/h12-14H,2,5-10H2,1,3-4H3. The molecule has 0 aliphatic heterocycles. The molecule has 1 unspecified atom stereocenters. The van der Waals surface area contributed by atoms with Crippen molar-refractivity contribution in [3.63, 3.8) is 0 Å². The Morgan fingerprint density at radius 1 is 1.56 bits per heavy atom. The molecule has 0 aromatic carbocycles. The molecule has 0 radical (unpaired) electrons. The van der Waals surface area contributed by atoms with E-state index in [0.29, 0.717) is 6.04 Å². The van der Waals surface area contributed by atoms with Gasteiger partial charge in [-0.3, -0.25) is 4.90 Å². The third-order valence-corrected chi connectivity index (χ3v) is 3.86. The minimum Gasteiger partial charge on any atom is -0.310 e. The van der Waals surface area contributed by atoms with Gasteiger partial charge in [-0.2, -0.15) is 11.8 Å². The predicted octanol–water partition coefficient (Wildman–Crippen LogP) is 2.37. The quantitative estimate of drug-likeness (QED) is 0.625. The first-order valence-electron chi connectivity index (χ1n) is 6.26. The first-order chi connectivity index (χ1) is 7.67. The van der Waals surface area contributed by atoms with Gasteiger partial charge in [-0.05, 0) is 38.1 Å². The van der Waals surface area contributed by atoms with Crippen LogP contribution in [0.4, 0.5) is 0 Å². The average molecular weight is 242 g/mol. The van der Waals surface area contributed by atoms with Crippen LogP contribution in [0.3, 0.4) is 0 Å². The topological polar surface area (TPSA) is 15.3 Å². The maximum Gasteiger partial charge on any atom is 0.0203 e. The van der Waals surface area contributed by atoms with E-state index in [9.17, 15) is 0 Å². The molecule has 1 aliphatic rings. The molecule has 0 spiro atoms. The summed E-state index contributed by atoms with van der Waals surface area (Å²) in [7, 11) is 2.21. The van der Waals surface area contributed by atoms with Gasteiger partial charge in [0.2, 0.25) is 0 Å². The molecule has 0 heterocycles. The van der Waals surface area contributed by atoms with Gasteiger partial charge in [0.15, 0.2) is 0 Å². The highest BCUT2D eigenvalue weighted by molar-refractivity contribution is 7.98. The van der Waals surface area contributed by atoms with E-state index in [1.54, 1.807) is 0 Å². The molecule has 94 valence electrons. The molecule has 0 aromatic heterocycles. The van der Waals surface area contributed by atoms with E-state index in [2.05, 4.69) is 37.0 Å². The van der Waals surface area contributed by atoms with Gasteiger partial charge in [0.1, 0.15) is 0 Å². The highest BCUT2D eigenvalue weighted by Gasteiger charge is 2.20. The lowest BCUT2D eigenvalue weighted by Crippen LogP contribution is -2.36. The number of rotatable bonds is 9. The number of likely N-dealkylation sites (N-methyl/N-ethyl adjacent to an activating group) is 1. The molecule has 3 heteroatoms. The van der Waals surface area contributed by atoms with Crippen molar-refractivity contribution in [2.45, 2.75) is 38.3 Å². The van der Waals surface area contributed by atoms with Crippen LogP contribution >= 0.6 is 11.8 Å². The minimum atomic E-state index is 0.688. The second-order valence-electron chi connectivity index (χ2n) is 4.84. The molecule has 1 atom stereocenters. The third-order valence-electron chi connectivity index (χ3n) is 3.14. The fourth-order valence-corrected chi connectivity index (χ4v) is 2.74. The Kier molecular flexibility index (Phi) is 6.47. The molecule has 1 rings (SSSR count). The molecule has 0 aromatic rings. The lowest BCUT2D eigenvalue weighted by molar-refractivity contribution is 0.275. The molecule has 1 N–H and O–H groups in total. The van der Waals surface area contributed by atoms with Gasteiger partial charge in [0, 0.05) is 30.9 Å². The lowest BCUT2D eigenvalue weighted by atomic mass is 10.2.